The Labute approximate surface area is 37.9 Å². The van der Waals surface area contributed by atoms with Crippen molar-refractivity contribution in [3.05, 3.63) is 0 Å². The molecule has 0 aromatic rings. The van der Waals surface area contributed by atoms with Crippen LogP contribution in [-0.2, 0) is 0 Å². The molecule has 2 aliphatic rings. The van der Waals surface area contributed by atoms with Crippen LogP contribution in [0.5, 0.6) is 0 Å². The summed E-state index contributed by atoms with van der Waals surface area (Å²) >= 11 is 0. The molecule has 1 aliphatic carbocycles. The van der Waals surface area contributed by atoms with E-state index in [-0.39, 0.29) is 0 Å². The Bertz CT molecular complexity index is 80.0. The topological polar surface area (TPSA) is 4.44 Å². The van der Waals surface area contributed by atoms with Crippen LogP contribution in [0.3, 0.4) is 0 Å². The van der Waals surface area contributed by atoms with Gasteiger partial charge in [-0.2, -0.15) is 0 Å². The van der Waals surface area contributed by atoms with Crippen LogP contribution >= 0.6 is 0 Å². The third-order valence-electron chi connectivity index (χ3n) is 2.14. The molecule has 34 valence electrons. The van der Waals surface area contributed by atoms with Gasteiger partial charge in [0.05, 0.1) is 25.6 Å². The maximum atomic E-state index is 2.29. The Balaban J connectivity index is 2.08. The number of likely N-dealkylation sites (tertiary alicyclic amines) is 1. The number of hydrogen-bond donors (Lipinski definition) is 1. The van der Waals surface area contributed by atoms with E-state index in [0.717, 1.165) is 6.04 Å². The molecule has 2 rings (SSSR count). The van der Waals surface area contributed by atoms with E-state index >= 15 is 0 Å². The van der Waals surface area contributed by atoms with Crippen molar-refractivity contribution >= 4 is 0 Å². The highest BCUT2D eigenvalue weighted by molar-refractivity contribution is 4.91. The SMILES string of the molecule is C[NH+]1CC2CC21. The van der Waals surface area contributed by atoms with E-state index in [1.807, 2.05) is 0 Å². The monoisotopic (exact) mass is 84.1 g/mol. The fraction of sp³-hybridized carbons (Fsp3) is 1.00. The molecule has 1 aliphatic heterocycles. The first-order valence-corrected chi connectivity index (χ1v) is 2.70. The summed E-state index contributed by atoms with van der Waals surface area (Å²) in [6.07, 6.45) is 1.53. The number of rotatable bonds is 0. The highest BCUT2D eigenvalue weighted by Crippen LogP contribution is 2.31. The molecule has 0 aromatic heterocycles. The van der Waals surface area contributed by atoms with Gasteiger partial charge in [0.2, 0.25) is 0 Å². The van der Waals surface area contributed by atoms with E-state index in [4.69, 9.17) is 0 Å². The van der Waals surface area contributed by atoms with Gasteiger partial charge in [0.1, 0.15) is 0 Å². The van der Waals surface area contributed by atoms with Gasteiger partial charge in [-0.25, -0.2) is 0 Å². The number of quaternary nitrogens is 1. The summed E-state index contributed by atoms with van der Waals surface area (Å²) in [6.45, 7) is 1.46. The van der Waals surface area contributed by atoms with E-state index in [0.29, 0.717) is 0 Å². The van der Waals surface area contributed by atoms with Crippen LogP contribution in [-0.4, -0.2) is 19.6 Å². The van der Waals surface area contributed by atoms with Crippen molar-refractivity contribution in [2.24, 2.45) is 5.92 Å². The molecule has 1 saturated heterocycles. The van der Waals surface area contributed by atoms with Gasteiger partial charge in [-0.05, 0) is 0 Å². The molecule has 1 heterocycles. The summed E-state index contributed by atoms with van der Waals surface area (Å²) in [5.74, 6) is 1.17. The van der Waals surface area contributed by atoms with Crippen LogP contribution in [0.15, 0.2) is 0 Å². The zero-order valence-corrected chi connectivity index (χ0v) is 4.07. The molecule has 3 unspecified atom stereocenters. The Kier molecular flexibility index (Phi) is 0.327. The second kappa shape index (κ2) is 0.648. The summed E-state index contributed by atoms with van der Waals surface area (Å²) in [5, 5.41) is 0. The fourth-order valence-electron chi connectivity index (χ4n) is 1.48. The summed E-state index contributed by atoms with van der Waals surface area (Å²) in [4.78, 5) is 1.76. The van der Waals surface area contributed by atoms with E-state index in [9.17, 15) is 0 Å². The zero-order valence-electron chi connectivity index (χ0n) is 4.07. The third-order valence-corrected chi connectivity index (χ3v) is 2.14. The first kappa shape index (κ1) is 3.03. The summed E-state index contributed by atoms with van der Waals surface area (Å²) < 4.78 is 0. The molecule has 1 N–H and O–H groups in total. The fourth-order valence-corrected chi connectivity index (χ4v) is 1.48. The zero-order chi connectivity index (χ0) is 4.15. The second-order valence-electron chi connectivity index (χ2n) is 2.65. The van der Waals surface area contributed by atoms with Crippen LogP contribution in [0.2, 0.25) is 0 Å². The van der Waals surface area contributed by atoms with Crippen molar-refractivity contribution in [1.82, 2.24) is 0 Å². The molecule has 6 heavy (non-hydrogen) atoms. The van der Waals surface area contributed by atoms with Gasteiger partial charge >= 0.3 is 0 Å². The second-order valence-corrected chi connectivity index (χ2v) is 2.65. The van der Waals surface area contributed by atoms with Crippen molar-refractivity contribution in [2.75, 3.05) is 13.6 Å². The Morgan fingerprint density at radius 1 is 1.67 bits per heavy atom. The molecule has 3 atom stereocenters. The molecule has 1 nitrogen and oxygen atoms in total. The Morgan fingerprint density at radius 3 is 2.50 bits per heavy atom. The lowest BCUT2D eigenvalue weighted by Crippen LogP contribution is -3.16. The van der Waals surface area contributed by atoms with Crippen molar-refractivity contribution < 1.29 is 4.90 Å². The van der Waals surface area contributed by atoms with Crippen LogP contribution < -0.4 is 4.90 Å². The number of hydrogen-bond acceptors (Lipinski definition) is 0. The minimum atomic E-state index is 1.12. The van der Waals surface area contributed by atoms with Crippen molar-refractivity contribution in [3.63, 3.8) is 0 Å². The molecule has 0 spiro atoms. The van der Waals surface area contributed by atoms with E-state index < -0.39 is 0 Å². The molecule has 0 amide bonds. The van der Waals surface area contributed by atoms with E-state index in [2.05, 4.69) is 7.05 Å². The van der Waals surface area contributed by atoms with Gasteiger partial charge < -0.3 is 4.90 Å². The van der Waals surface area contributed by atoms with Gasteiger partial charge in [-0.3, -0.25) is 0 Å². The lowest BCUT2D eigenvalue weighted by Gasteiger charge is -2.20. The molecule has 0 radical (unpaired) electrons. The lowest BCUT2D eigenvalue weighted by atomic mass is 10.2. The predicted octanol–water partition coefficient (Wildman–Crippen LogP) is -1.10. The first-order valence-electron chi connectivity index (χ1n) is 2.70. The molecule has 0 bridgehead atoms. The van der Waals surface area contributed by atoms with Gasteiger partial charge in [0.15, 0.2) is 0 Å². The molecule has 0 aromatic carbocycles. The van der Waals surface area contributed by atoms with Crippen LogP contribution in [0.4, 0.5) is 0 Å². The van der Waals surface area contributed by atoms with Crippen LogP contribution in [0.25, 0.3) is 0 Å². The van der Waals surface area contributed by atoms with Crippen molar-refractivity contribution in [2.45, 2.75) is 12.5 Å². The summed E-state index contributed by atoms with van der Waals surface area (Å²) in [7, 11) is 2.29. The maximum absolute atomic E-state index is 2.29. The molecule has 1 saturated carbocycles. The van der Waals surface area contributed by atoms with E-state index in [1.165, 1.54) is 18.9 Å². The maximum Gasteiger partial charge on any atom is 0.0965 e. The average Bonchev–Trinajstić information content (AvgIpc) is 2.12. The minimum Gasteiger partial charge on any atom is -0.334 e. The Hall–Kier alpha value is -0.0400. The largest absolute Gasteiger partial charge is 0.334 e. The molecule has 2 fully saturated rings. The van der Waals surface area contributed by atoms with Crippen molar-refractivity contribution in [1.29, 1.82) is 0 Å². The lowest BCUT2D eigenvalue weighted by molar-refractivity contribution is -0.927. The molecule has 1 heteroatoms. The smallest absolute Gasteiger partial charge is 0.0965 e. The van der Waals surface area contributed by atoms with Gasteiger partial charge in [-0.15, -0.1) is 0 Å². The predicted molar refractivity (Wildman–Crippen MR) is 23.6 cm³/mol. The van der Waals surface area contributed by atoms with E-state index in [1.54, 1.807) is 4.90 Å². The molecular weight excluding hydrogens is 74.1 g/mol. The normalized spacial score (nSPS) is 62.5. The standard InChI is InChI=1S/C5H9N/c1-6-3-4-2-5(4)6/h4-5H,2-3H2,1H3/p+1. The van der Waals surface area contributed by atoms with Crippen LogP contribution in [0.1, 0.15) is 6.42 Å². The number of nitrogens with one attached hydrogen (secondary N) is 1. The molecular formula is C5H10N+. The van der Waals surface area contributed by atoms with Gasteiger partial charge in [0, 0.05) is 6.42 Å². The highest BCUT2D eigenvalue weighted by Gasteiger charge is 2.55. The van der Waals surface area contributed by atoms with Gasteiger partial charge in [-0.1, -0.05) is 0 Å². The van der Waals surface area contributed by atoms with Crippen LogP contribution in [0, 0.1) is 5.92 Å². The Morgan fingerprint density at radius 2 is 2.50 bits per heavy atom. The minimum absolute atomic E-state index is 1.12. The van der Waals surface area contributed by atoms with Gasteiger partial charge in [0.25, 0.3) is 0 Å². The first-order chi connectivity index (χ1) is 2.88. The highest BCUT2D eigenvalue weighted by atomic mass is 15.2. The summed E-state index contributed by atoms with van der Waals surface area (Å²) in [5.41, 5.74) is 0. The quantitative estimate of drug-likeness (QED) is 0.380. The van der Waals surface area contributed by atoms with Crippen molar-refractivity contribution in [3.8, 4) is 0 Å². The average molecular weight is 84.1 g/mol. The summed E-state index contributed by atoms with van der Waals surface area (Å²) in [6, 6.07) is 1.12. The number of fused-ring (bicyclic) bond motifs is 1. The third kappa shape index (κ3) is 0.178.